The molecule has 1 aromatic carbocycles. The molecule has 0 bridgehead atoms. The maximum Gasteiger partial charge on any atom is 0.328 e. The molecule has 120 valence electrons. The molecule has 2 aromatic heterocycles. The Bertz CT molecular complexity index is 935. The smallest absolute Gasteiger partial charge is 0.328 e. The van der Waals surface area contributed by atoms with Crippen LogP contribution in [0.4, 0.5) is 5.69 Å². The van der Waals surface area contributed by atoms with E-state index in [2.05, 4.69) is 9.97 Å². The minimum atomic E-state index is -1.12. The number of carboxylic acid groups (broad SMARTS) is 1. The van der Waals surface area contributed by atoms with Crippen molar-refractivity contribution < 1.29 is 14.8 Å². The number of non-ortho nitro benzene ring substituents is 1. The third-order valence-electron chi connectivity index (χ3n) is 2.95. The highest BCUT2D eigenvalue weighted by Crippen LogP contribution is 2.36. The quantitative estimate of drug-likeness (QED) is 0.419. The zero-order valence-electron chi connectivity index (χ0n) is 11.9. The number of pyridine rings is 1. The predicted molar refractivity (Wildman–Crippen MR) is 91.3 cm³/mol. The first kappa shape index (κ1) is 16.1. The number of thiazole rings is 1. The van der Waals surface area contributed by atoms with Crippen molar-refractivity contribution in [2.75, 3.05) is 0 Å². The zero-order chi connectivity index (χ0) is 17.1. The van der Waals surface area contributed by atoms with Crippen molar-refractivity contribution >= 4 is 51.2 Å². The highest BCUT2D eigenvalue weighted by atomic mass is 32.2. The van der Waals surface area contributed by atoms with Gasteiger partial charge in [-0.2, -0.15) is 0 Å². The predicted octanol–water partition coefficient (Wildman–Crippen LogP) is 3.85. The number of carbonyl (C=O) groups is 1. The van der Waals surface area contributed by atoms with Crippen LogP contribution < -0.4 is 0 Å². The van der Waals surface area contributed by atoms with Crippen molar-refractivity contribution in [1.82, 2.24) is 9.97 Å². The molecule has 7 nitrogen and oxygen atoms in total. The lowest BCUT2D eigenvalue weighted by Gasteiger charge is -2.03. The lowest BCUT2D eigenvalue weighted by molar-refractivity contribution is -0.384. The normalized spacial score (nSPS) is 11.2. The van der Waals surface area contributed by atoms with Crippen molar-refractivity contribution in [2.45, 2.75) is 9.24 Å². The van der Waals surface area contributed by atoms with Gasteiger partial charge in [0.15, 0.2) is 4.34 Å². The molecule has 0 aliphatic heterocycles. The van der Waals surface area contributed by atoms with Gasteiger partial charge in [-0.05, 0) is 29.8 Å². The molecular weight excluding hydrogens is 350 g/mol. The second-order valence-electron chi connectivity index (χ2n) is 4.56. The maximum absolute atomic E-state index is 10.9. The van der Waals surface area contributed by atoms with E-state index < -0.39 is 10.9 Å². The number of aliphatic carboxylic acids is 1. The van der Waals surface area contributed by atoms with E-state index in [-0.39, 0.29) is 5.69 Å². The Morgan fingerprint density at radius 1 is 1.38 bits per heavy atom. The minimum Gasteiger partial charge on any atom is -0.478 e. The standard InChI is InChI=1S/C15H9N3O4S2/c19-13(20)6-3-9-8-10(18(21)22)4-5-12(9)23-15-17-11-2-1-7-16-14(11)24-15/h1-8H,(H,19,20)/b6-3+. The van der Waals surface area contributed by atoms with Crippen LogP contribution in [-0.2, 0) is 4.79 Å². The molecule has 0 fully saturated rings. The van der Waals surface area contributed by atoms with Crippen LogP contribution in [0.5, 0.6) is 0 Å². The summed E-state index contributed by atoms with van der Waals surface area (Å²) < 4.78 is 0.725. The molecule has 0 amide bonds. The molecule has 9 heteroatoms. The number of hydrogen-bond donors (Lipinski definition) is 1. The Balaban J connectivity index is 1.99. The summed E-state index contributed by atoms with van der Waals surface area (Å²) in [5.41, 5.74) is 1.12. The average Bonchev–Trinajstić information content (AvgIpc) is 2.95. The number of nitro groups is 1. The number of nitrogens with zero attached hydrogens (tertiary/aromatic N) is 3. The van der Waals surface area contributed by atoms with E-state index in [1.54, 1.807) is 18.3 Å². The van der Waals surface area contributed by atoms with Gasteiger partial charge in [-0.3, -0.25) is 10.1 Å². The van der Waals surface area contributed by atoms with Gasteiger partial charge in [0, 0.05) is 29.3 Å². The maximum atomic E-state index is 10.9. The molecule has 0 saturated carbocycles. The summed E-state index contributed by atoms with van der Waals surface area (Å²) in [5, 5.41) is 19.7. The fraction of sp³-hybridized carbons (Fsp3) is 0. The molecule has 0 aliphatic rings. The minimum absolute atomic E-state index is 0.102. The van der Waals surface area contributed by atoms with Crippen LogP contribution in [0.15, 0.2) is 51.8 Å². The molecule has 1 N–H and O–H groups in total. The lowest BCUT2D eigenvalue weighted by Crippen LogP contribution is -1.91. The molecule has 3 aromatic rings. The van der Waals surface area contributed by atoms with Crippen molar-refractivity contribution in [3.05, 3.63) is 58.3 Å². The van der Waals surface area contributed by atoms with E-state index in [9.17, 15) is 14.9 Å². The number of nitro benzene ring substituents is 1. The molecule has 0 saturated heterocycles. The number of aromatic nitrogens is 2. The van der Waals surface area contributed by atoms with Crippen molar-refractivity contribution in [2.24, 2.45) is 0 Å². The van der Waals surface area contributed by atoms with Crippen LogP contribution in [-0.4, -0.2) is 26.0 Å². The monoisotopic (exact) mass is 359 g/mol. The Morgan fingerprint density at radius 2 is 2.21 bits per heavy atom. The molecule has 2 heterocycles. The Hall–Kier alpha value is -2.78. The third kappa shape index (κ3) is 3.58. The largest absolute Gasteiger partial charge is 0.478 e. The number of rotatable bonds is 5. The Kier molecular flexibility index (Phi) is 4.54. The molecule has 0 radical (unpaired) electrons. The second kappa shape index (κ2) is 6.77. The van der Waals surface area contributed by atoms with Gasteiger partial charge in [-0.15, -0.1) is 0 Å². The van der Waals surface area contributed by atoms with Crippen molar-refractivity contribution in [3.63, 3.8) is 0 Å². The van der Waals surface area contributed by atoms with E-state index in [1.807, 2.05) is 6.07 Å². The molecule has 0 atom stereocenters. The van der Waals surface area contributed by atoms with Crippen molar-refractivity contribution in [3.8, 4) is 0 Å². The SMILES string of the molecule is O=C(O)/C=C/c1cc([N+](=O)[O-])ccc1Sc1nc2cccnc2s1. The third-order valence-corrected chi connectivity index (χ3v) is 5.09. The van der Waals surface area contributed by atoms with Crippen LogP contribution in [0.25, 0.3) is 16.4 Å². The second-order valence-corrected chi connectivity index (χ2v) is 6.83. The van der Waals surface area contributed by atoms with Crippen molar-refractivity contribution in [1.29, 1.82) is 0 Å². The van der Waals surface area contributed by atoms with E-state index >= 15 is 0 Å². The number of carboxylic acids is 1. The number of benzene rings is 1. The van der Waals surface area contributed by atoms with Gasteiger partial charge in [0.1, 0.15) is 10.3 Å². The van der Waals surface area contributed by atoms with Crippen LogP contribution in [0, 0.1) is 10.1 Å². The van der Waals surface area contributed by atoms with Gasteiger partial charge in [0.05, 0.1) is 4.92 Å². The molecule has 3 rings (SSSR count). The van der Waals surface area contributed by atoms with Gasteiger partial charge in [-0.25, -0.2) is 14.8 Å². The summed E-state index contributed by atoms with van der Waals surface area (Å²) in [6, 6.07) is 7.95. The number of hydrogen-bond acceptors (Lipinski definition) is 7. The van der Waals surface area contributed by atoms with E-state index in [1.165, 1.54) is 41.3 Å². The van der Waals surface area contributed by atoms with E-state index in [0.29, 0.717) is 10.5 Å². The van der Waals surface area contributed by atoms with Gasteiger partial charge < -0.3 is 5.11 Å². The zero-order valence-corrected chi connectivity index (χ0v) is 13.6. The van der Waals surface area contributed by atoms with Gasteiger partial charge in [0.2, 0.25) is 0 Å². The fourth-order valence-electron chi connectivity index (χ4n) is 1.92. The first-order valence-corrected chi connectivity index (χ1v) is 8.25. The first-order valence-electron chi connectivity index (χ1n) is 6.62. The summed E-state index contributed by atoms with van der Waals surface area (Å²) in [4.78, 5) is 31.3. The summed E-state index contributed by atoms with van der Waals surface area (Å²) in [6.45, 7) is 0. The number of fused-ring (bicyclic) bond motifs is 1. The van der Waals surface area contributed by atoms with Crippen LogP contribution in [0.2, 0.25) is 0 Å². The highest BCUT2D eigenvalue weighted by molar-refractivity contribution is 8.01. The molecule has 0 aliphatic carbocycles. The Morgan fingerprint density at radius 3 is 2.92 bits per heavy atom. The average molecular weight is 359 g/mol. The fourth-order valence-corrected chi connectivity index (χ4v) is 3.95. The van der Waals surface area contributed by atoms with Gasteiger partial charge >= 0.3 is 5.97 Å². The van der Waals surface area contributed by atoms with Gasteiger partial charge in [-0.1, -0.05) is 23.1 Å². The molecule has 0 unspecified atom stereocenters. The summed E-state index contributed by atoms with van der Waals surface area (Å²) in [6.07, 6.45) is 3.97. The summed E-state index contributed by atoms with van der Waals surface area (Å²) in [5.74, 6) is -1.12. The summed E-state index contributed by atoms with van der Waals surface area (Å²) >= 11 is 2.71. The van der Waals surface area contributed by atoms with E-state index in [4.69, 9.17) is 5.11 Å². The van der Waals surface area contributed by atoms with Crippen LogP contribution in [0.3, 0.4) is 0 Å². The molecule has 0 spiro atoms. The van der Waals surface area contributed by atoms with Crippen LogP contribution >= 0.6 is 23.1 Å². The summed E-state index contributed by atoms with van der Waals surface area (Å²) in [7, 11) is 0. The van der Waals surface area contributed by atoms with Gasteiger partial charge in [0.25, 0.3) is 5.69 Å². The Labute approximate surface area is 143 Å². The van der Waals surface area contributed by atoms with Crippen LogP contribution in [0.1, 0.15) is 5.56 Å². The molecule has 24 heavy (non-hydrogen) atoms. The topological polar surface area (TPSA) is 106 Å². The van der Waals surface area contributed by atoms with E-state index in [0.717, 1.165) is 20.8 Å². The highest BCUT2D eigenvalue weighted by Gasteiger charge is 2.13. The lowest BCUT2D eigenvalue weighted by atomic mass is 10.2. The first-order chi connectivity index (χ1) is 11.5. The molecular formula is C15H9N3O4S2.